The lowest BCUT2D eigenvalue weighted by molar-refractivity contribution is 0.0145. The van der Waals surface area contributed by atoms with E-state index in [2.05, 4.69) is 45.3 Å². The van der Waals surface area contributed by atoms with Gasteiger partial charge in [-0.3, -0.25) is 4.79 Å². The maximum atomic E-state index is 12.9. The Labute approximate surface area is 218 Å². The molecule has 0 aliphatic heterocycles. The fraction of sp³-hybridized carbons (Fsp3) is 0.750. The van der Waals surface area contributed by atoms with Crippen molar-refractivity contribution >= 4 is 5.91 Å². The Morgan fingerprint density at radius 1 is 1.06 bits per heavy atom. The standard InChI is InChI=1S/C28H51N3O5/c1-20(2)21(16-23(29)24(32)18-30-19-26(35-7)28(3,4)5)17-31-27(33)22-12-8-9-13-25(22)36-15-11-10-14-34-6/h8-9,12-13,20-21,23-24,26,30,32H,10-11,14-19,29H2,1-7H3,(H,31,33)/t21?,23?,24?,26-/m1/s1. The number of carbonyl (C=O) groups is 1. The molecule has 0 bridgehead atoms. The molecule has 0 saturated carbocycles. The number of aliphatic hydroxyl groups excluding tert-OH is 1. The van der Waals surface area contributed by atoms with Gasteiger partial charge < -0.3 is 35.7 Å². The quantitative estimate of drug-likeness (QED) is 0.225. The topological polar surface area (TPSA) is 115 Å². The van der Waals surface area contributed by atoms with Crippen molar-refractivity contribution in [2.45, 2.75) is 72.1 Å². The number of hydrogen-bond donors (Lipinski definition) is 4. The van der Waals surface area contributed by atoms with E-state index in [1.54, 1.807) is 20.3 Å². The average molecular weight is 510 g/mol. The van der Waals surface area contributed by atoms with Gasteiger partial charge in [-0.2, -0.15) is 0 Å². The summed E-state index contributed by atoms with van der Waals surface area (Å²) in [5.74, 6) is 0.831. The van der Waals surface area contributed by atoms with Crippen LogP contribution in [0.3, 0.4) is 0 Å². The van der Waals surface area contributed by atoms with Crippen molar-refractivity contribution in [2.75, 3.05) is 47.1 Å². The average Bonchev–Trinajstić information content (AvgIpc) is 2.83. The van der Waals surface area contributed by atoms with Crippen molar-refractivity contribution in [2.24, 2.45) is 23.0 Å². The first-order valence-corrected chi connectivity index (χ1v) is 13.2. The number of methoxy groups -OCH3 is 2. The third-order valence-corrected chi connectivity index (χ3v) is 6.60. The van der Waals surface area contributed by atoms with Gasteiger partial charge in [-0.25, -0.2) is 0 Å². The highest BCUT2D eigenvalue weighted by Gasteiger charge is 2.26. The number of nitrogens with two attached hydrogens (primary N) is 1. The highest BCUT2D eigenvalue weighted by Crippen LogP contribution is 2.22. The van der Waals surface area contributed by atoms with Crippen LogP contribution in [0.1, 0.15) is 64.2 Å². The van der Waals surface area contributed by atoms with E-state index in [9.17, 15) is 9.90 Å². The lowest BCUT2D eigenvalue weighted by Gasteiger charge is -2.31. The first kappa shape index (κ1) is 32.3. The Kier molecular flexibility index (Phi) is 15.2. The first-order valence-electron chi connectivity index (χ1n) is 13.2. The van der Waals surface area contributed by atoms with Gasteiger partial charge in [0.15, 0.2) is 0 Å². The van der Waals surface area contributed by atoms with Crippen molar-refractivity contribution in [3.05, 3.63) is 29.8 Å². The molecule has 5 N–H and O–H groups in total. The van der Waals surface area contributed by atoms with Gasteiger partial charge in [-0.15, -0.1) is 0 Å². The maximum Gasteiger partial charge on any atom is 0.255 e. The van der Waals surface area contributed by atoms with Crippen LogP contribution in [0.15, 0.2) is 24.3 Å². The number of carbonyl (C=O) groups excluding carboxylic acids is 1. The van der Waals surface area contributed by atoms with Crippen LogP contribution in [0.2, 0.25) is 0 Å². The maximum absolute atomic E-state index is 12.9. The van der Waals surface area contributed by atoms with Gasteiger partial charge in [0.1, 0.15) is 5.75 Å². The van der Waals surface area contributed by atoms with E-state index in [-0.39, 0.29) is 23.3 Å². The normalized spacial score (nSPS) is 15.4. The summed E-state index contributed by atoms with van der Waals surface area (Å²) in [6.07, 6.45) is 1.72. The van der Waals surface area contributed by atoms with Crippen molar-refractivity contribution in [1.29, 1.82) is 0 Å². The van der Waals surface area contributed by atoms with Crippen molar-refractivity contribution < 1.29 is 24.1 Å². The second kappa shape index (κ2) is 16.9. The SMILES string of the molecule is COCCCCOc1ccccc1C(=O)NCC(CC(N)C(O)CNC[C@@H](OC)C(C)(C)C)C(C)C. The molecule has 0 aromatic heterocycles. The van der Waals surface area contributed by atoms with Crippen molar-refractivity contribution in [3.8, 4) is 5.75 Å². The first-order chi connectivity index (χ1) is 17.0. The molecule has 0 aliphatic rings. The lowest BCUT2D eigenvalue weighted by atomic mass is 9.87. The van der Waals surface area contributed by atoms with Gasteiger partial charge in [0, 0.05) is 46.5 Å². The smallest absolute Gasteiger partial charge is 0.255 e. The predicted molar refractivity (Wildman–Crippen MR) is 145 cm³/mol. The second-order valence-corrected chi connectivity index (χ2v) is 11.0. The fourth-order valence-electron chi connectivity index (χ4n) is 3.98. The molecule has 208 valence electrons. The Morgan fingerprint density at radius 3 is 2.33 bits per heavy atom. The summed E-state index contributed by atoms with van der Waals surface area (Å²) in [5, 5.41) is 17.0. The summed E-state index contributed by atoms with van der Waals surface area (Å²) < 4.78 is 16.5. The summed E-state index contributed by atoms with van der Waals surface area (Å²) >= 11 is 0. The van der Waals surface area contributed by atoms with E-state index in [0.717, 1.165) is 12.8 Å². The van der Waals surface area contributed by atoms with Crippen LogP contribution in [-0.4, -0.2) is 76.3 Å². The lowest BCUT2D eigenvalue weighted by Crippen LogP contribution is -2.47. The monoisotopic (exact) mass is 509 g/mol. The van der Waals surface area contributed by atoms with E-state index in [0.29, 0.717) is 56.5 Å². The zero-order valence-corrected chi connectivity index (χ0v) is 23.5. The second-order valence-electron chi connectivity index (χ2n) is 11.0. The highest BCUT2D eigenvalue weighted by atomic mass is 16.5. The highest BCUT2D eigenvalue weighted by molar-refractivity contribution is 5.96. The third-order valence-electron chi connectivity index (χ3n) is 6.60. The number of ether oxygens (including phenoxy) is 3. The van der Waals surface area contributed by atoms with E-state index in [4.69, 9.17) is 19.9 Å². The number of aliphatic hydroxyl groups is 1. The number of unbranched alkanes of at least 4 members (excludes halogenated alkanes) is 1. The molecule has 1 amide bonds. The van der Waals surface area contributed by atoms with Gasteiger partial charge in [0.05, 0.1) is 24.4 Å². The molecular formula is C28H51N3O5. The molecule has 4 atom stereocenters. The van der Waals surface area contributed by atoms with Crippen LogP contribution in [0, 0.1) is 17.3 Å². The van der Waals surface area contributed by atoms with Crippen LogP contribution < -0.4 is 21.1 Å². The van der Waals surface area contributed by atoms with Crippen LogP contribution in [0.5, 0.6) is 5.75 Å². The molecule has 36 heavy (non-hydrogen) atoms. The van der Waals surface area contributed by atoms with Gasteiger partial charge in [-0.1, -0.05) is 46.8 Å². The molecule has 0 radical (unpaired) electrons. The molecular weight excluding hydrogens is 458 g/mol. The van der Waals surface area contributed by atoms with Gasteiger partial charge in [0.2, 0.25) is 0 Å². The Balaban J connectivity index is 2.59. The third kappa shape index (κ3) is 12.0. The summed E-state index contributed by atoms with van der Waals surface area (Å²) in [6, 6.07) is 6.89. The minimum absolute atomic E-state index is 0.00341. The summed E-state index contributed by atoms with van der Waals surface area (Å²) in [7, 11) is 3.38. The predicted octanol–water partition coefficient (Wildman–Crippen LogP) is 3.22. The molecule has 0 aliphatic carbocycles. The molecule has 3 unspecified atom stereocenters. The number of benzene rings is 1. The summed E-state index contributed by atoms with van der Waals surface area (Å²) in [5.41, 5.74) is 6.88. The number of nitrogens with one attached hydrogen (secondary N) is 2. The minimum atomic E-state index is -0.688. The number of rotatable bonds is 18. The van der Waals surface area contributed by atoms with Gasteiger partial charge in [-0.05, 0) is 48.6 Å². The van der Waals surface area contributed by atoms with Crippen LogP contribution >= 0.6 is 0 Å². The van der Waals surface area contributed by atoms with E-state index < -0.39 is 12.1 Å². The van der Waals surface area contributed by atoms with E-state index >= 15 is 0 Å². The molecule has 8 nitrogen and oxygen atoms in total. The fourth-order valence-corrected chi connectivity index (χ4v) is 3.98. The molecule has 0 saturated heterocycles. The Morgan fingerprint density at radius 2 is 1.72 bits per heavy atom. The molecule has 1 aromatic rings. The van der Waals surface area contributed by atoms with Crippen LogP contribution in [-0.2, 0) is 9.47 Å². The molecule has 1 aromatic carbocycles. The minimum Gasteiger partial charge on any atom is -0.493 e. The molecule has 0 heterocycles. The van der Waals surface area contributed by atoms with Crippen molar-refractivity contribution in [3.63, 3.8) is 0 Å². The Bertz CT molecular complexity index is 738. The van der Waals surface area contributed by atoms with E-state index in [1.165, 1.54) is 0 Å². The summed E-state index contributed by atoms with van der Waals surface area (Å²) in [4.78, 5) is 12.9. The molecule has 0 spiro atoms. The van der Waals surface area contributed by atoms with Gasteiger partial charge >= 0.3 is 0 Å². The number of para-hydroxylation sites is 1. The zero-order chi connectivity index (χ0) is 27.1. The molecule has 0 fully saturated rings. The van der Waals surface area contributed by atoms with E-state index in [1.807, 2.05) is 18.2 Å². The van der Waals surface area contributed by atoms with Crippen molar-refractivity contribution in [1.82, 2.24) is 10.6 Å². The molecule has 8 heteroatoms. The van der Waals surface area contributed by atoms with Crippen LogP contribution in [0.4, 0.5) is 0 Å². The molecule has 1 rings (SSSR count). The zero-order valence-electron chi connectivity index (χ0n) is 23.5. The summed E-state index contributed by atoms with van der Waals surface area (Å²) in [6.45, 7) is 13.3. The number of hydrogen-bond acceptors (Lipinski definition) is 7. The number of amides is 1. The van der Waals surface area contributed by atoms with Gasteiger partial charge in [0.25, 0.3) is 5.91 Å². The van der Waals surface area contributed by atoms with Crippen LogP contribution in [0.25, 0.3) is 0 Å². The Hall–Kier alpha value is -1.71. The largest absolute Gasteiger partial charge is 0.493 e.